The summed E-state index contributed by atoms with van der Waals surface area (Å²) in [4.78, 5) is 2.17. The minimum Gasteiger partial charge on any atom is -0.507 e. The molecule has 2 fully saturated rings. The van der Waals surface area contributed by atoms with Crippen LogP contribution in [0, 0.1) is 17.8 Å². The van der Waals surface area contributed by atoms with Crippen LogP contribution in [0.5, 0.6) is 5.75 Å². The molecule has 2 nitrogen and oxygen atoms in total. The molecule has 3 rings (SSSR count). The molecule has 5 heteroatoms. The summed E-state index contributed by atoms with van der Waals surface area (Å²) in [6.07, 6.45) is 0.239. The van der Waals surface area contributed by atoms with Crippen LogP contribution in [-0.4, -0.2) is 30.6 Å². The second-order valence-electron chi connectivity index (χ2n) is 7.48. The summed E-state index contributed by atoms with van der Waals surface area (Å²) in [5, 5.41) is 9.84. The van der Waals surface area contributed by atoms with Crippen molar-refractivity contribution in [2.24, 2.45) is 17.8 Å². The van der Waals surface area contributed by atoms with Crippen molar-refractivity contribution < 1.29 is 18.3 Å². The summed E-state index contributed by atoms with van der Waals surface area (Å²) >= 11 is 0. The maximum absolute atomic E-state index is 12.8. The van der Waals surface area contributed by atoms with Gasteiger partial charge in [-0.15, -0.1) is 0 Å². The van der Waals surface area contributed by atoms with Gasteiger partial charge >= 0.3 is 6.18 Å². The van der Waals surface area contributed by atoms with Gasteiger partial charge in [0.05, 0.1) is 5.56 Å². The fraction of sp³-hybridized carbons (Fsp3) is 0.667. The van der Waals surface area contributed by atoms with Crippen molar-refractivity contribution in [3.63, 3.8) is 0 Å². The molecular weight excluding hydrogens is 303 g/mol. The van der Waals surface area contributed by atoms with Crippen LogP contribution >= 0.6 is 0 Å². The predicted octanol–water partition coefficient (Wildman–Crippen LogP) is 4.49. The first-order valence-electron chi connectivity index (χ1n) is 8.30. The van der Waals surface area contributed by atoms with E-state index in [1.165, 1.54) is 25.3 Å². The first-order valence-corrected chi connectivity index (χ1v) is 8.30. The Balaban J connectivity index is 1.90. The number of alkyl halides is 3. The van der Waals surface area contributed by atoms with E-state index < -0.39 is 17.5 Å². The van der Waals surface area contributed by atoms with Gasteiger partial charge in [-0.3, -0.25) is 0 Å². The van der Waals surface area contributed by atoms with Crippen LogP contribution in [0.3, 0.4) is 0 Å². The Morgan fingerprint density at radius 1 is 1.17 bits per heavy atom. The highest BCUT2D eigenvalue weighted by atomic mass is 19.4. The van der Waals surface area contributed by atoms with Gasteiger partial charge in [0.25, 0.3) is 0 Å². The molecule has 0 amide bonds. The van der Waals surface area contributed by atoms with E-state index in [2.05, 4.69) is 4.90 Å². The molecule has 0 aromatic heterocycles. The average Bonchev–Trinajstić information content (AvgIpc) is 2.83. The molecule has 2 bridgehead atoms. The maximum atomic E-state index is 12.8. The second kappa shape index (κ2) is 6.00. The zero-order valence-corrected chi connectivity index (χ0v) is 13.6. The molecule has 1 aromatic carbocycles. The summed E-state index contributed by atoms with van der Waals surface area (Å²) in [6, 6.07) is 3.95. The minimum atomic E-state index is -4.50. The smallest absolute Gasteiger partial charge is 0.419 e. The summed E-state index contributed by atoms with van der Waals surface area (Å²) < 4.78 is 38.5. The third kappa shape index (κ3) is 3.35. The van der Waals surface area contributed by atoms with E-state index in [1.807, 2.05) is 14.1 Å². The van der Waals surface area contributed by atoms with Gasteiger partial charge in [0.1, 0.15) is 5.75 Å². The van der Waals surface area contributed by atoms with Crippen molar-refractivity contribution in [1.82, 2.24) is 4.90 Å². The minimum absolute atomic E-state index is 0.247. The number of benzene rings is 1. The summed E-state index contributed by atoms with van der Waals surface area (Å²) in [7, 11) is 4.09. The zero-order valence-electron chi connectivity index (χ0n) is 13.6. The lowest BCUT2D eigenvalue weighted by atomic mass is 9.69. The lowest BCUT2D eigenvalue weighted by Crippen LogP contribution is -2.34. The molecule has 2 saturated carbocycles. The van der Waals surface area contributed by atoms with E-state index in [0.29, 0.717) is 17.8 Å². The predicted molar refractivity (Wildman–Crippen MR) is 83.3 cm³/mol. The molecule has 0 saturated heterocycles. The average molecular weight is 327 g/mol. The number of phenols is 1. The van der Waals surface area contributed by atoms with Crippen LogP contribution in [0.4, 0.5) is 13.2 Å². The molecule has 23 heavy (non-hydrogen) atoms. The van der Waals surface area contributed by atoms with Crippen LogP contribution < -0.4 is 0 Å². The molecule has 0 heterocycles. The summed E-state index contributed by atoms with van der Waals surface area (Å²) in [6.45, 7) is 0.948. The molecule has 4 atom stereocenters. The van der Waals surface area contributed by atoms with Gasteiger partial charge in [-0.05, 0) is 74.7 Å². The van der Waals surface area contributed by atoms with Gasteiger partial charge < -0.3 is 10.0 Å². The summed E-state index contributed by atoms with van der Waals surface area (Å²) in [5.74, 6) is 1.41. The molecule has 2 aliphatic carbocycles. The molecule has 2 aliphatic rings. The van der Waals surface area contributed by atoms with E-state index in [0.717, 1.165) is 24.6 Å². The van der Waals surface area contributed by atoms with Crippen molar-refractivity contribution in [3.8, 4) is 5.75 Å². The van der Waals surface area contributed by atoms with Gasteiger partial charge in [-0.2, -0.15) is 13.2 Å². The number of hydrogen-bond acceptors (Lipinski definition) is 2. The third-order valence-corrected chi connectivity index (χ3v) is 5.62. The molecule has 1 aromatic rings. The fourth-order valence-corrected chi connectivity index (χ4v) is 4.68. The van der Waals surface area contributed by atoms with Crippen molar-refractivity contribution >= 4 is 0 Å². The number of phenolic OH excluding ortho intramolecular Hbond substituents is 1. The Hall–Kier alpha value is -1.23. The van der Waals surface area contributed by atoms with Gasteiger partial charge in [0.2, 0.25) is 0 Å². The molecule has 0 spiro atoms. The van der Waals surface area contributed by atoms with Crippen molar-refractivity contribution in [2.45, 2.75) is 37.8 Å². The molecule has 4 unspecified atom stereocenters. The highest BCUT2D eigenvalue weighted by Gasteiger charge is 2.43. The fourth-order valence-electron chi connectivity index (χ4n) is 4.68. The van der Waals surface area contributed by atoms with E-state index >= 15 is 0 Å². The van der Waals surface area contributed by atoms with Crippen LogP contribution in [0.1, 0.15) is 42.7 Å². The summed E-state index contributed by atoms with van der Waals surface area (Å²) in [5.41, 5.74) is -0.0804. The Kier molecular flexibility index (Phi) is 4.34. The first-order chi connectivity index (χ1) is 10.8. The topological polar surface area (TPSA) is 23.5 Å². The Bertz CT molecular complexity index is 570. The van der Waals surface area contributed by atoms with Crippen LogP contribution in [0.15, 0.2) is 18.2 Å². The Labute approximate surface area is 135 Å². The molecule has 0 aliphatic heterocycles. The number of rotatable bonds is 3. The SMILES string of the molecule is CN(C)CC1C2CCC(C2)CC1c1ccc(C(F)(F)F)c(O)c1. The molecule has 128 valence electrons. The highest BCUT2D eigenvalue weighted by Crippen LogP contribution is 2.52. The van der Waals surface area contributed by atoms with Crippen molar-refractivity contribution in [3.05, 3.63) is 29.3 Å². The zero-order chi connectivity index (χ0) is 16.8. The molecule has 0 radical (unpaired) electrons. The number of aromatic hydroxyl groups is 1. The van der Waals surface area contributed by atoms with E-state index in [4.69, 9.17) is 0 Å². The highest BCUT2D eigenvalue weighted by molar-refractivity contribution is 5.40. The van der Waals surface area contributed by atoms with Crippen molar-refractivity contribution in [2.75, 3.05) is 20.6 Å². The van der Waals surface area contributed by atoms with Gasteiger partial charge in [-0.25, -0.2) is 0 Å². The number of halogens is 3. The van der Waals surface area contributed by atoms with Crippen LogP contribution in [0.2, 0.25) is 0 Å². The van der Waals surface area contributed by atoms with Gasteiger partial charge in [0, 0.05) is 6.54 Å². The molecule has 1 N–H and O–H groups in total. The number of hydrogen-bond donors (Lipinski definition) is 1. The van der Waals surface area contributed by atoms with E-state index in [1.54, 1.807) is 6.07 Å². The van der Waals surface area contributed by atoms with Gasteiger partial charge in [-0.1, -0.05) is 12.5 Å². The Morgan fingerprint density at radius 3 is 2.52 bits per heavy atom. The third-order valence-electron chi connectivity index (χ3n) is 5.62. The van der Waals surface area contributed by atoms with Crippen LogP contribution in [0.25, 0.3) is 0 Å². The number of nitrogens with zero attached hydrogens (tertiary/aromatic N) is 1. The van der Waals surface area contributed by atoms with E-state index in [9.17, 15) is 18.3 Å². The quantitative estimate of drug-likeness (QED) is 0.884. The van der Waals surface area contributed by atoms with Crippen LogP contribution in [-0.2, 0) is 6.18 Å². The molecular formula is C18H24F3NO. The standard InChI is InChI=1S/C18H24F3NO/c1-22(2)10-15-12-4-3-11(7-12)8-14(15)13-5-6-16(17(23)9-13)18(19,20)21/h5-6,9,11-12,14-15,23H,3-4,7-8,10H2,1-2H3. The first kappa shape index (κ1) is 16.6. The van der Waals surface area contributed by atoms with Gasteiger partial charge in [0.15, 0.2) is 0 Å². The largest absolute Gasteiger partial charge is 0.507 e. The van der Waals surface area contributed by atoms with E-state index in [-0.39, 0.29) is 5.92 Å². The Morgan fingerprint density at radius 2 is 1.91 bits per heavy atom. The lowest BCUT2D eigenvalue weighted by molar-refractivity contribution is -0.138. The van der Waals surface area contributed by atoms with Crippen molar-refractivity contribution in [1.29, 1.82) is 0 Å². The monoisotopic (exact) mass is 327 g/mol. The second-order valence-corrected chi connectivity index (χ2v) is 7.48. The lowest BCUT2D eigenvalue weighted by Gasteiger charge is -2.38. The number of fused-ring (bicyclic) bond motifs is 2. The maximum Gasteiger partial charge on any atom is 0.419 e. The normalized spacial score (nSPS) is 30.9.